The second-order valence-corrected chi connectivity index (χ2v) is 9.91. The summed E-state index contributed by atoms with van der Waals surface area (Å²) in [5, 5.41) is 0. The van der Waals surface area contributed by atoms with Gasteiger partial charge in [0.15, 0.2) is 0 Å². The van der Waals surface area contributed by atoms with Crippen LogP contribution in [-0.4, -0.2) is 29.1 Å². The zero-order valence-electron chi connectivity index (χ0n) is 18.6. The first kappa shape index (κ1) is 19.4. The van der Waals surface area contributed by atoms with Crippen LogP contribution in [0.4, 0.5) is 5.69 Å². The number of fused-ring (bicyclic) bond motifs is 1. The lowest BCUT2D eigenvalue weighted by molar-refractivity contribution is 0.194. The Morgan fingerprint density at radius 3 is 2.18 bits per heavy atom. The highest BCUT2D eigenvalue weighted by atomic mass is 15.3. The minimum absolute atomic E-state index is 0.0356. The first-order valence-corrected chi connectivity index (χ1v) is 11.0. The van der Waals surface area contributed by atoms with Gasteiger partial charge in [-0.3, -0.25) is 0 Å². The van der Waals surface area contributed by atoms with Crippen LogP contribution in [0.2, 0.25) is 0 Å². The van der Waals surface area contributed by atoms with Gasteiger partial charge < -0.3 is 9.80 Å². The molecular weight excluding hydrogens is 340 g/mol. The normalized spacial score (nSPS) is 23.1. The first-order chi connectivity index (χ1) is 13.2. The van der Waals surface area contributed by atoms with E-state index in [0.717, 1.165) is 13.1 Å². The molecule has 0 amide bonds. The van der Waals surface area contributed by atoms with Crippen LogP contribution in [0.3, 0.4) is 0 Å². The van der Waals surface area contributed by atoms with Crippen LogP contribution in [0, 0.1) is 0 Å². The van der Waals surface area contributed by atoms with E-state index in [1.54, 1.807) is 11.3 Å². The Morgan fingerprint density at radius 1 is 0.786 bits per heavy atom. The van der Waals surface area contributed by atoms with Crippen molar-refractivity contribution in [3.8, 4) is 0 Å². The largest absolute Gasteiger partial charge is 0.364 e. The third kappa shape index (κ3) is 3.21. The van der Waals surface area contributed by atoms with E-state index in [4.69, 9.17) is 0 Å². The lowest BCUT2D eigenvalue weighted by atomic mass is 9.82. The minimum atomic E-state index is 0.0356. The van der Waals surface area contributed by atoms with Crippen LogP contribution in [-0.2, 0) is 0 Å². The highest BCUT2D eigenvalue weighted by molar-refractivity contribution is 5.81. The first-order valence-electron chi connectivity index (χ1n) is 11.0. The van der Waals surface area contributed by atoms with Crippen molar-refractivity contribution in [2.75, 3.05) is 18.0 Å². The van der Waals surface area contributed by atoms with E-state index in [-0.39, 0.29) is 11.1 Å². The molecule has 0 saturated carbocycles. The molecule has 2 heterocycles. The number of benzene rings is 1. The smallest absolute Gasteiger partial charge is 0.0535 e. The second-order valence-electron chi connectivity index (χ2n) is 9.91. The molecule has 0 aromatic heterocycles. The van der Waals surface area contributed by atoms with Gasteiger partial charge in [-0.15, -0.1) is 0 Å². The molecule has 2 heteroatoms. The second kappa shape index (κ2) is 6.83. The lowest BCUT2D eigenvalue weighted by Crippen LogP contribution is -2.52. The Kier molecular flexibility index (Phi) is 4.72. The summed E-state index contributed by atoms with van der Waals surface area (Å²) in [7, 11) is 0. The van der Waals surface area contributed by atoms with Gasteiger partial charge in [0.05, 0.1) is 11.1 Å². The fraction of sp³-hybridized carbons (Fsp3) is 0.538. The number of hydrogen-bond acceptors (Lipinski definition) is 2. The summed E-state index contributed by atoms with van der Waals surface area (Å²) in [6, 6.07) is 8.90. The van der Waals surface area contributed by atoms with Crippen molar-refractivity contribution in [2.24, 2.45) is 0 Å². The van der Waals surface area contributed by atoms with Crippen molar-refractivity contribution >= 4 is 11.3 Å². The van der Waals surface area contributed by atoms with Crippen molar-refractivity contribution in [3.05, 3.63) is 58.8 Å². The third-order valence-corrected chi connectivity index (χ3v) is 6.94. The number of rotatable bonds is 3. The molecule has 1 aromatic rings. The number of para-hydroxylation sites is 1. The molecule has 0 spiro atoms. The molecule has 2 nitrogen and oxygen atoms in total. The molecule has 0 saturated heterocycles. The highest BCUT2D eigenvalue weighted by Gasteiger charge is 2.36. The summed E-state index contributed by atoms with van der Waals surface area (Å²) < 4.78 is 0. The maximum absolute atomic E-state index is 2.71. The van der Waals surface area contributed by atoms with Crippen molar-refractivity contribution in [1.29, 1.82) is 0 Å². The van der Waals surface area contributed by atoms with E-state index in [1.807, 2.05) is 0 Å². The molecule has 1 aromatic carbocycles. The van der Waals surface area contributed by atoms with E-state index in [1.165, 1.54) is 48.1 Å². The molecule has 3 aliphatic rings. The Bertz CT molecular complexity index is 866. The number of anilines is 1. The Hall–Kier alpha value is -1.96. The van der Waals surface area contributed by atoms with E-state index < -0.39 is 0 Å². The minimum Gasteiger partial charge on any atom is -0.364 e. The Morgan fingerprint density at radius 2 is 1.39 bits per heavy atom. The van der Waals surface area contributed by atoms with Gasteiger partial charge in [-0.05, 0) is 90.0 Å². The van der Waals surface area contributed by atoms with Crippen LogP contribution in [0.15, 0.2) is 53.3 Å². The molecule has 0 bridgehead atoms. The van der Waals surface area contributed by atoms with Gasteiger partial charge in [-0.2, -0.15) is 0 Å². The molecule has 2 aliphatic heterocycles. The maximum Gasteiger partial charge on any atom is 0.0535 e. The van der Waals surface area contributed by atoms with E-state index >= 15 is 0 Å². The van der Waals surface area contributed by atoms with Crippen molar-refractivity contribution in [2.45, 2.75) is 78.3 Å². The maximum atomic E-state index is 2.71. The molecule has 1 aliphatic carbocycles. The van der Waals surface area contributed by atoms with Gasteiger partial charge in [-0.1, -0.05) is 30.4 Å². The van der Waals surface area contributed by atoms with Crippen LogP contribution in [0.1, 0.15) is 72.8 Å². The molecular formula is C26H36N2. The SMILES string of the molecule is CC1=CC(C)(C)N(CCN2c3ccccc3C(C)=CC2(C)C)C2=C1CCCC2. The van der Waals surface area contributed by atoms with Crippen molar-refractivity contribution in [1.82, 2.24) is 4.90 Å². The molecule has 0 N–H and O–H groups in total. The van der Waals surface area contributed by atoms with Crippen molar-refractivity contribution < 1.29 is 0 Å². The molecule has 0 fully saturated rings. The fourth-order valence-electron chi connectivity index (χ4n) is 5.72. The topological polar surface area (TPSA) is 6.48 Å². The zero-order valence-corrected chi connectivity index (χ0v) is 18.6. The summed E-state index contributed by atoms with van der Waals surface area (Å²) in [6.07, 6.45) is 10.1. The summed E-state index contributed by atoms with van der Waals surface area (Å²) in [6.45, 7) is 16.1. The molecule has 0 atom stereocenters. The zero-order chi connectivity index (χ0) is 20.1. The summed E-state index contributed by atoms with van der Waals surface area (Å²) in [5.74, 6) is 0. The number of nitrogens with zero attached hydrogens (tertiary/aromatic N) is 2. The average Bonchev–Trinajstić information content (AvgIpc) is 2.63. The summed E-state index contributed by atoms with van der Waals surface area (Å²) >= 11 is 0. The molecule has 0 unspecified atom stereocenters. The van der Waals surface area contributed by atoms with E-state index in [0.29, 0.717) is 0 Å². The number of hydrogen-bond donors (Lipinski definition) is 0. The average molecular weight is 377 g/mol. The van der Waals surface area contributed by atoms with E-state index in [2.05, 4.69) is 87.8 Å². The van der Waals surface area contributed by atoms with Gasteiger partial charge in [0.2, 0.25) is 0 Å². The van der Waals surface area contributed by atoms with Crippen LogP contribution in [0.5, 0.6) is 0 Å². The molecule has 28 heavy (non-hydrogen) atoms. The highest BCUT2D eigenvalue weighted by Crippen LogP contribution is 2.42. The Balaban J connectivity index is 1.64. The molecule has 4 rings (SSSR count). The van der Waals surface area contributed by atoms with Crippen molar-refractivity contribution in [3.63, 3.8) is 0 Å². The summed E-state index contributed by atoms with van der Waals surface area (Å²) in [4.78, 5) is 5.32. The van der Waals surface area contributed by atoms with Crippen LogP contribution < -0.4 is 4.90 Å². The van der Waals surface area contributed by atoms with Crippen LogP contribution >= 0.6 is 0 Å². The van der Waals surface area contributed by atoms with Gasteiger partial charge in [0, 0.05) is 30.0 Å². The standard InChI is InChI=1S/C26H36N2/c1-19-17-25(3,4)27(23-13-9-7-11-21(19)23)15-16-28-24-14-10-8-12-22(24)20(2)18-26(28,5)6/h7,9,11,13,17-18H,8,10,12,14-16H2,1-6H3. The molecule has 0 radical (unpaired) electrons. The fourth-order valence-corrected chi connectivity index (χ4v) is 5.72. The van der Waals surface area contributed by atoms with Crippen LogP contribution in [0.25, 0.3) is 5.57 Å². The van der Waals surface area contributed by atoms with Gasteiger partial charge >= 0.3 is 0 Å². The van der Waals surface area contributed by atoms with E-state index in [9.17, 15) is 0 Å². The quantitative estimate of drug-likeness (QED) is 0.589. The van der Waals surface area contributed by atoms with Gasteiger partial charge in [0.1, 0.15) is 0 Å². The lowest BCUT2D eigenvalue weighted by Gasteiger charge is -2.49. The predicted molar refractivity (Wildman–Crippen MR) is 122 cm³/mol. The third-order valence-electron chi connectivity index (χ3n) is 6.94. The molecule has 150 valence electrons. The number of allylic oxidation sites excluding steroid dienone is 4. The summed E-state index contributed by atoms with van der Waals surface area (Å²) in [5.41, 5.74) is 9.04. The monoisotopic (exact) mass is 376 g/mol. The Labute approximate surface area is 171 Å². The van der Waals surface area contributed by atoms with Gasteiger partial charge in [-0.25, -0.2) is 0 Å². The van der Waals surface area contributed by atoms with Gasteiger partial charge in [0.25, 0.3) is 0 Å². The predicted octanol–water partition coefficient (Wildman–Crippen LogP) is 6.56.